The predicted octanol–water partition coefficient (Wildman–Crippen LogP) is -0.820. The highest BCUT2D eigenvalue weighted by molar-refractivity contribution is 4.45. The molecule has 0 saturated carbocycles. The lowest BCUT2D eigenvalue weighted by molar-refractivity contribution is -0.0967. The smallest absolute Gasteiger partial charge is 0.110 e. The molecule has 0 spiro atoms. The van der Waals surface area contributed by atoms with Crippen LogP contribution in [-0.2, 0) is 4.74 Å². The van der Waals surface area contributed by atoms with Crippen molar-refractivity contribution >= 4 is 0 Å². The van der Waals surface area contributed by atoms with Crippen LogP contribution in [0.25, 0.3) is 0 Å². The zero-order chi connectivity index (χ0) is 7.28. The van der Waals surface area contributed by atoms with Gasteiger partial charge in [-0.15, -0.1) is 0 Å². The fourth-order valence-electron chi connectivity index (χ4n) is 0.424. The van der Waals surface area contributed by atoms with Crippen LogP contribution in [0.5, 0.6) is 0 Å². The van der Waals surface area contributed by atoms with Crippen LogP contribution in [0.2, 0.25) is 0 Å². The van der Waals surface area contributed by atoms with Gasteiger partial charge in [0, 0.05) is 7.11 Å². The minimum absolute atomic E-state index is 0.189. The van der Waals surface area contributed by atoms with Gasteiger partial charge in [-0.3, -0.25) is 0 Å². The summed E-state index contributed by atoms with van der Waals surface area (Å²) in [6.07, 6.45) is -0.236. The maximum atomic E-state index is 8.51. The fourth-order valence-corrected chi connectivity index (χ4v) is 0.424. The minimum Gasteiger partial charge on any atom is -0.381 e. The largest absolute Gasteiger partial charge is 0.381 e. The number of hydrogen-bond acceptors (Lipinski definition) is 4. The van der Waals surface area contributed by atoms with E-state index in [1.165, 1.54) is 12.0 Å². The first-order valence-corrected chi connectivity index (χ1v) is 2.74. The lowest BCUT2D eigenvalue weighted by Crippen LogP contribution is -2.35. The van der Waals surface area contributed by atoms with E-state index in [9.17, 15) is 0 Å². The number of methoxy groups -OCH3 is 1. The van der Waals surface area contributed by atoms with Crippen LogP contribution < -0.4 is 0 Å². The average Bonchev–Trinajstić information content (AvgIpc) is 1.90. The third-order valence-corrected chi connectivity index (χ3v) is 1.22. The molecular weight excluding hydrogens is 122 g/mol. The Labute approximate surface area is 54.7 Å². The van der Waals surface area contributed by atoms with Gasteiger partial charge in [-0.1, -0.05) is 0 Å². The van der Waals surface area contributed by atoms with E-state index in [1.54, 1.807) is 6.92 Å². The predicted molar refractivity (Wildman–Crippen MR) is 32.5 cm³/mol. The summed E-state index contributed by atoms with van der Waals surface area (Å²) in [5.74, 6) is 0. The maximum Gasteiger partial charge on any atom is 0.110 e. The first-order valence-electron chi connectivity index (χ1n) is 2.74. The summed E-state index contributed by atoms with van der Waals surface area (Å²) < 4.78 is 4.80. The first-order chi connectivity index (χ1) is 4.26. The molecule has 9 heavy (non-hydrogen) atoms. The van der Waals surface area contributed by atoms with Crippen molar-refractivity contribution in [3.8, 4) is 0 Å². The average molecular weight is 135 g/mol. The number of nitrogens with zero attached hydrogens (tertiary/aromatic N) is 1. The Bertz CT molecular complexity index is 65.2. The molecule has 0 rings (SSSR count). The molecule has 0 saturated heterocycles. The molecule has 1 atom stereocenters. The molecule has 0 fully saturated rings. The summed E-state index contributed by atoms with van der Waals surface area (Å²) in [7, 11) is 1.52. The van der Waals surface area contributed by atoms with Crippen molar-refractivity contribution in [2.45, 2.75) is 13.2 Å². The van der Waals surface area contributed by atoms with Gasteiger partial charge < -0.3 is 14.9 Å². The van der Waals surface area contributed by atoms with Gasteiger partial charge in [0.25, 0.3) is 0 Å². The molecule has 0 radical (unpaired) electrons. The van der Waals surface area contributed by atoms with Crippen LogP contribution >= 0.6 is 0 Å². The van der Waals surface area contributed by atoms with Crippen molar-refractivity contribution in [1.82, 2.24) is 4.90 Å². The molecule has 56 valence electrons. The summed E-state index contributed by atoms with van der Waals surface area (Å²) in [6.45, 7) is 1.36. The van der Waals surface area contributed by atoms with E-state index in [1.807, 2.05) is 0 Å². The number of hydrogen-bond donors (Lipinski definition) is 2. The summed E-state index contributed by atoms with van der Waals surface area (Å²) in [5, 5.41) is 17.0. The van der Waals surface area contributed by atoms with Gasteiger partial charge in [0.2, 0.25) is 0 Å². The van der Waals surface area contributed by atoms with Crippen LogP contribution in [0.15, 0.2) is 0 Å². The van der Waals surface area contributed by atoms with Crippen molar-refractivity contribution in [3.05, 3.63) is 0 Å². The highest BCUT2D eigenvalue weighted by Gasteiger charge is 2.08. The molecule has 0 amide bonds. The van der Waals surface area contributed by atoms with Gasteiger partial charge in [0.1, 0.15) is 6.23 Å². The van der Waals surface area contributed by atoms with Crippen molar-refractivity contribution in [1.29, 1.82) is 0 Å². The zero-order valence-electron chi connectivity index (χ0n) is 5.74. The highest BCUT2D eigenvalue weighted by Crippen LogP contribution is 1.94. The molecule has 0 aromatic carbocycles. The molecular formula is C5H13NO3. The molecule has 0 aromatic heterocycles. The molecule has 0 aliphatic carbocycles. The van der Waals surface area contributed by atoms with E-state index >= 15 is 0 Å². The van der Waals surface area contributed by atoms with Gasteiger partial charge >= 0.3 is 0 Å². The third kappa shape index (κ3) is 2.76. The van der Waals surface area contributed by atoms with Crippen LogP contribution in [0.3, 0.4) is 0 Å². The van der Waals surface area contributed by atoms with E-state index in [0.717, 1.165) is 0 Å². The minimum atomic E-state index is -0.236. The van der Waals surface area contributed by atoms with E-state index in [2.05, 4.69) is 0 Å². The first kappa shape index (κ1) is 8.84. The third-order valence-electron chi connectivity index (χ3n) is 1.22. The van der Waals surface area contributed by atoms with Crippen molar-refractivity contribution in [2.24, 2.45) is 0 Å². The van der Waals surface area contributed by atoms with Crippen LogP contribution in [0, 0.1) is 0 Å². The second kappa shape index (κ2) is 4.69. The summed E-state index contributed by atoms with van der Waals surface area (Å²) in [4.78, 5) is 1.36. The molecule has 0 heterocycles. The quantitative estimate of drug-likeness (QED) is 0.494. The molecule has 0 aliphatic rings. The zero-order valence-corrected chi connectivity index (χ0v) is 5.74. The lowest BCUT2D eigenvalue weighted by Gasteiger charge is -2.22. The number of aliphatic hydroxyl groups is 2. The molecule has 4 nitrogen and oxygen atoms in total. The Balaban J connectivity index is 3.50. The van der Waals surface area contributed by atoms with Gasteiger partial charge in [-0.05, 0) is 6.92 Å². The molecule has 0 aromatic rings. The normalized spacial score (nSPS) is 14.3. The SMILES string of the molecule is COC(C)N(CO)CO. The maximum absolute atomic E-state index is 8.51. The van der Waals surface area contributed by atoms with Crippen LogP contribution in [-0.4, -0.2) is 41.9 Å². The van der Waals surface area contributed by atoms with Gasteiger partial charge in [-0.2, -0.15) is 0 Å². The van der Waals surface area contributed by atoms with Crippen LogP contribution in [0.4, 0.5) is 0 Å². The summed E-state index contributed by atoms with van der Waals surface area (Å²) in [5.41, 5.74) is 0. The highest BCUT2D eigenvalue weighted by atomic mass is 16.5. The summed E-state index contributed by atoms with van der Waals surface area (Å²) >= 11 is 0. The Morgan fingerprint density at radius 3 is 2.00 bits per heavy atom. The molecule has 0 aliphatic heterocycles. The molecule has 2 N–H and O–H groups in total. The Kier molecular flexibility index (Phi) is 4.61. The van der Waals surface area contributed by atoms with E-state index in [-0.39, 0.29) is 19.7 Å². The van der Waals surface area contributed by atoms with Crippen LogP contribution in [0.1, 0.15) is 6.92 Å². The van der Waals surface area contributed by atoms with E-state index < -0.39 is 0 Å². The number of rotatable bonds is 4. The Morgan fingerprint density at radius 2 is 1.89 bits per heavy atom. The monoisotopic (exact) mass is 135 g/mol. The Morgan fingerprint density at radius 1 is 1.44 bits per heavy atom. The molecule has 4 heteroatoms. The van der Waals surface area contributed by atoms with E-state index in [0.29, 0.717) is 0 Å². The fraction of sp³-hybridized carbons (Fsp3) is 1.00. The topological polar surface area (TPSA) is 52.9 Å². The second-order valence-corrected chi connectivity index (χ2v) is 1.71. The second-order valence-electron chi connectivity index (χ2n) is 1.71. The Hall–Kier alpha value is -0.160. The van der Waals surface area contributed by atoms with Crippen molar-refractivity contribution in [2.75, 3.05) is 20.6 Å². The molecule has 1 unspecified atom stereocenters. The lowest BCUT2D eigenvalue weighted by atomic mass is 10.6. The standard InChI is InChI=1S/C5H13NO3/c1-5(9-2)6(3-7)4-8/h5,7-8H,3-4H2,1-2H3. The number of aliphatic hydroxyl groups excluding tert-OH is 2. The van der Waals surface area contributed by atoms with Crippen molar-refractivity contribution in [3.63, 3.8) is 0 Å². The number of ether oxygens (including phenoxy) is 1. The van der Waals surface area contributed by atoms with Gasteiger partial charge in [0.05, 0.1) is 13.5 Å². The van der Waals surface area contributed by atoms with E-state index in [4.69, 9.17) is 14.9 Å². The van der Waals surface area contributed by atoms with Crippen molar-refractivity contribution < 1.29 is 14.9 Å². The summed E-state index contributed by atoms with van der Waals surface area (Å²) in [6, 6.07) is 0. The van der Waals surface area contributed by atoms with Gasteiger partial charge in [-0.25, -0.2) is 4.90 Å². The molecule has 0 bridgehead atoms. The van der Waals surface area contributed by atoms with Gasteiger partial charge in [0.15, 0.2) is 0 Å².